The van der Waals surface area contributed by atoms with Crippen LogP contribution in [0.2, 0.25) is 0 Å². The van der Waals surface area contributed by atoms with Crippen LogP contribution in [0, 0.1) is 0 Å². The maximum absolute atomic E-state index is 12.5. The van der Waals surface area contributed by atoms with Crippen LogP contribution in [0.5, 0.6) is 0 Å². The summed E-state index contributed by atoms with van der Waals surface area (Å²) in [5.41, 5.74) is 10.0. The molecule has 0 bridgehead atoms. The zero-order valence-corrected chi connectivity index (χ0v) is 24.4. The monoisotopic (exact) mass is 577 g/mol. The summed E-state index contributed by atoms with van der Waals surface area (Å²) in [5.74, 6) is 0. The molecule has 0 fully saturated rings. The SMILES string of the molecule is COP(=O)(Cc1ccc(-c2ccc(-c3ccc(N(c4ccccc4)c4ccccc4)cc3)c3nsnc23)cc1)OC. The van der Waals surface area contributed by atoms with E-state index in [0.29, 0.717) is 0 Å². The van der Waals surface area contributed by atoms with Crippen molar-refractivity contribution in [3.8, 4) is 22.3 Å². The van der Waals surface area contributed by atoms with Crippen LogP contribution in [-0.4, -0.2) is 23.0 Å². The molecule has 6 aromatic rings. The molecule has 0 N–H and O–H groups in total. The van der Waals surface area contributed by atoms with Crippen molar-refractivity contribution in [2.24, 2.45) is 0 Å². The molecule has 0 saturated carbocycles. The van der Waals surface area contributed by atoms with Crippen LogP contribution in [0.4, 0.5) is 17.1 Å². The Morgan fingerprint density at radius 3 is 1.51 bits per heavy atom. The van der Waals surface area contributed by atoms with Crippen LogP contribution in [0.15, 0.2) is 121 Å². The van der Waals surface area contributed by atoms with Crippen LogP contribution in [-0.2, 0) is 19.8 Å². The van der Waals surface area contributed by atoms with Gasteiger partial charge in [0.2, 0.25) is 0 Å². The Hall–Kier alpha value is -4.13. The summed E-state index contributed by atoms with van der Waals surface area (Å²) in [6.45, 7) is 0. The van der Waals surface area contributed by atoms with Crippen molar-refractivity contribution < 1.29 is 13.6 Å². The summed E-state index contributed by atoms with van der Waals surface area (Å²) in [5, 5.41) is 0. The van der Waals surface area contributed by atoms with Crippen molar-refractivity contribution in [3.63, 3.8) is 0 Å². The second-order valence-corrected chi connectivity index (χ2v) is 12.3. The number of aromatic nitrogens is 2. The standard InChI is InChI=1S/C33H28N3O3PS/c1-38-40(37,39-2)23-24-13-15-25(16-14-24)30-21-22-31(33-32(30)34-41-35-33)26-17-19-29(20-18-26)36(27-9-5-3-6-10-27)28-11-7-4-8-12-28/h3-22H,23H2,1-2H3. The Bertz CT molecular complexity index is 1760. The molecule has 0 aliphatic rings. The van der Waals surface area contributed by atoms with E-state index < -0.39 is 7.60 Å². The topological polar surface area (TPSA) is 64.5 Å². The van der Waals surface area contributed by atoms with E-state index in [1.54, 1.807) is 0 Å². The molecule has 6 nitrogen and oxygen atoms in total. The second-order valence-electron chi connectivity index (χ2n) is 9.51. The first kappa shape index (κ1) is 27.1. The molecule has 204 valence electrons. The van der Waals surface area contributed by atoms with E-state index in [2.05, 4.69) is 98.6 Å². The smallest absolute Gasteiger partial charge is 0.312 e. The highest BCUT2D eigenvalue weighted by molar-refractivity contribution is 7.52. The lowest BCUT2D eigenvalue weighted by atomic mass is 9.97. The van der Waals surface area contributed by atoms with Gasteiger partial charge in [0.1, 0.15) is 11.0 Å². The summed E-state index contributed by atoms with van der Waals surface area (Å²) in [6.07, 6.45) is 0.217. The number of hydrogen-bond donors (Lipinski definition) is 0. The molecule has 1 heterocycles. The fourth-order valence-corrected chi connectivity index (χ4v) is 6.58. The van der Waals surface area contributed by atoms with Gasteiger partial charge in [0.05, 0.1) is 17.9 Å². The predicted molar refractivity (Wildman–Crippen MR) is 168 cm³/mol. The maximum atomic E-state index is 12.5. The molecule has 41 heavy (non-hydrogen) atoms. The lowest BCUT2D eigenvalue weighted by molar-refractivity contribution is 0.275. The van der Waals surface area contributed by atoms with Crippen molar-refractivity contribution in [2.75, 3.05) is 19.1 Å². The first-order valence-electron chi connectivity index (χ1n) is 13.1. The average Bonchev–Trinajstić information content (AvgIpc) is 3.53. The zero-order chi connectivity index (χ0) is 28.2. The fourth-order valence-electron chi connectivity index (χ4n) is 4.94. The molecule has 0 atom stereocenters. The van der Waals surface area contributed by atoms with E-state index in [4.69, 9.17) is 9.05 Å². The Morgan fingerprint density at radius 1 is 0.610 bits per heavy atom. The molecule has 0 aliphatic heterocycles. The molecule has 5 aromatic carbocycles. The van der Waals surface area contributed by atoms with Gasteiger partial charge in [0, 0.05) is 42.4 Å². The highest BCUT2D eigenvalue weighted by Crippen LogP contribution is 2.50. The van der Waals surface area contributed by atoms with Crippen molar-refractivity contribution in [2.45, 2.75) is 6.16 Å². The molecule has 6 rings (SSSR count). The molecule has 0 amide bonds. The van der Waals surface area contributed by atoms with Crippen LogP contribution >= 0.6 is 19.3 Å². The first-order chi connectivity index (χ1) is 20.1. The first-order valence-corrected chi connectivity index (χ1v) is 15.6. The van der Waals surface area contributed by atoms with Crippen molar-refractivity contribution in [1.29, 1.82) is 0 Å². The van der Waals surface area contributed by atoms with E-state index in [-0.39, 0.29) is 6.16 Å². The number of fused-ring (bicyclic) bond motifs is 1. The van der Waals surface area contributed by atoms with Gasteiger partial charge in [-0.2, -0.15) is 8.75 Å². The van der Waals surface area contributed by atoms with E-state index in [1.807, 2.05) is 36.4 Å². The average molecular weight is 578 g/mol. The van der Waals surface area contributed by atoms with Crippen LogP contribution in [0.25, 0.3) is 33.3 Å². The van der Waals surface area contributed by atoms with Gasteiger partial charge in [-0.05, 0) is 53.1 Å². The van der Waals surface area contributed by atoms with Crippen molar-refractivity contribution in [1.82, 2.24) is 8.75 Å². The zero-order valence-electron chi connectivity index (χ0n) is 22.7. The number of benzene rings is 5. The lowest BCUT2D eigenvalue weighted by Crippen LogP contribution is -2.09. The van der Waals surface area contributed by atoms with Crippen molar-refractivity contribution >= 4 is 47.4 Å². The van der Waals surface area contributed by atoms with Gasteiger partial charge >= 0.3 is 7.60 Å². The molecule has 1 aromatic heterocycles. The summed E-state index contributed by atoms with van der Waals surface area (Å²) < 4.78 is 32.0. The van der Waals surface area contributed by atoms with Crippen LogP contribution < -0.4 is 4.90 Å². The molecular weight excluding hydrogens is 549 g/mol. The van der Waals surface area contributed by atoms with Gasteiger partial charge in [0.25, 0.3) is 0 Å². The minimum absolute atomic E-state index is 0.217. The van der Waals surface area contributed by atoms with Crippen LogP contribution in [0.1, 0.15) is 5.56 Å². The Labute approximate surface area is 243 Å². The highest BCUT2D eigenvalue weighted by atomic mass is 32.1. The molecular formula is C33H28N3O3PS. The summed E-state index contributed by atoms with van der Waals surface area (Å²) in [6, 6.07) is 41.4. The third-order valence-electron chi connectivity index (χ3n) is 7.08. The Kier molecular flexibility index (Phi) is 7.77. The number of hydrogen-bond acceptors (Lipinski definition) is 7. The Morgan fingerprint density at radius 2 is 1.05 bits per heavy atom. The lowest BCUT2D eigenvalue weighted by Gasteiger charge is -2.25. The number of nitrogens with zero attached hydrogens (tertiary/aromatic N) is 3. The van der Waals surface area contributed by atoms with Crippen molar-refractivity contribution in [3.05, 3.63) is 127 Å². The Balaban J connectivity index is 1.32. The van der Waals surface area contributed by atoms with E-state index in [1.165, 1.54) is 25.9 Å². The van der Waals surface area contributed by atoms with Gasteiger partial charge in [-0.15, -0.1) is 0 Å². The maximum Gasteiger partial charge on any atom is 0.334 e. The number of rotatable bonds is 9. The predicted octanol–water partition coefficient (Wildman–Crippen LogP) is 9.48. The number of para-hydroxylation sites is 2. The van der Waals surface area contributed by atoms with E-state index >= 15 is 0 Å². The molecule has 0 spiro atoms. The van der Waals surface area contributed by atoms with Gasteiger partial charge < -0.3 is 13.9 Å². The third kappa shape index (κ3) is 5.58. The molecule has 0 saturated heterocycles. The largest absolute Gasteiger partial charge is 0.334 e. The normalized spacial score (nSPS) is 11.6. The summed E-state index contributed by atoms with van der Waals surface area (Å²) in [7, 11) is -0.319. The van der Waals surface area contributed by atoms with Gasteiger partial charge in [-0.1, -0.05) is 84.9 Å². The molecule has 8 heteroatoms. The molecule has 0 radical (unpaired) electrons. The van der Waals surface area contributed by atoms with E-state index in [0.717, 1.165) is 55.9 Å². The number of anilines is 3. The minimum atomic E-state index is -3.13. The fraction of sp³-hybridized carbons (Fsp3) is 0.0909. The van der Waals surface area contributed by atoms with Gasteiger partial charge in [0.15, 0.2) is 0 Å². The summed E-state index contributed by atoms with van der Waals surface area (Å²) in [4.78, 5) is 2.24. The van der Waals surface area contributed by atoms with Crippen LogP contribution in [0.3, 0.4) is 0 Å². The quantitative estimate of drug-likeness (QED) is 0.160. The molecule has 0 aliphatic carbocycles. The highest BCUT2D eigenvalue weighted by Gasteiger charge is 2.22. The third-order valence-corrected chi connectivity index (χ3v) is 9.47. The van der Waals surface area contributed by atoms with Gasteiger partial charge in [-0.25, -0.2) is 0 Å². The summed E-state index contributed by atoms with van der Waals surface area (Å²) >= 11 is 1.21. The van der Waals surface area contributed by atoms with E-state index in [9.17, 15) is 4.57 Å². The van der Waals surface area contributed by atoms with Gasteiger partial charge in [-0.3, -0.25) is 4.57 Å². The second kappa shape index (κ2) is 11.8. The molecule has 0 unspecified atom stereocenters. The minimum Gasteiger partial charge on any atom is -0.312 e.